The summed E-state index contributed by atoms with van der Waals surface area (Å²) in [5, 5.41) is 5.69. The van der Waals surface area contributed by atoms with Crippen LogP contribution in [0.25, 0.3) is 0 Å². The average molecular weight is 168 g/mol. The fourth-order valence-electron chi connectivity index (χ4n) is 1.44. The average Bonchev–Trinajstić information content (AvgIpc) is 2.30. The second-order valence-electron chi connectivity index (χ2n) is 2.94. The van der Waals surface area contributed by atoms with Gasteiger partial charge in [0.25, 0.3) is 0 Å². The summed E-state index contributed by atoms with van der Waals surface area (Å²) in [6.07, 6.45) is 2.53. The zero-order valence-corrected chi connectivity index (χ0v) is 7.74. The smallest absolute Gasteiger partial charge is 0.122 e. The third-order valence-electron chi connectivity index (χ3n) is 2.23. The van der Waals surface area contributed by atoms with Gasteiger partial charge < -0.3 is 0 Å². The van der Waals surface area contributed by atoms with Crippen LogP contribution in [0.5, 0.6) is 0 Å². The minimum atomic E-state index is 1.22. The van der Waals surface area contributed by atoms with Crippen molar-refractivity contribution in [3.05, 3.63) is 11.3 Å². The van der Waals surface area contributed by atoms with Crippen molar-refractivity contribution in [3.8, 4) is 0 Å². The molecule has 0 radical (unpaired) electrons. The molecule has 2 nitrogen and oxygen atoms in total. The number of thioether (sulfide) groups is 1. The molecule has 1 aromatic rings. The third-order valence-corrected chi connectivity index (χ3v) is 3.33. The summed E-state index contributed by atoms with van der Waals surface area (Å²) in [5.41, 5.74) is 2.82. The van der Waals surface area contributed by atoms with Crippen molar-refractivity contribution in [1.82, 2.24) is 9.78 Å². The van der Waals surface area contributed by atoms with E-state index in [4.69, 9.17) is 0 Å². The highest BCUT2D eigenvalue weighted by Crippen LogP contribution is 2.30. The molecule has 0 saturated heterocycles. The van der Waals surface area contributed by atoms with Gasteiger partial charge in [0.15, 0.2) is 0 Å². The number of aryl methyl sites for hydroxylation is 1. The molecule has 1 aliphatic rings. The number of fused-ring (bicyclic) bond motifs is 1. The van der Waals surface area contributed by atoms with Crippen LogP contribution in [0.3, 0.4) is 0 Å². The summed E-state index contributed by atoms with van der Waals surface area (Å²) in [7, 11) is 2.02. The van der Waals surface area contributed by atoms with Gasteiger partial charge in [-0.3, -0.25) is 4.68 Å². The Hall–Kier alpha value is -0.440. The van der Waals surface area contributed by atoms with E-state index < -0.39 is 0 Å². The molecular weight excluding hydrogens is 156 g/mol. The Balaban J connectivity index is 2.50. The molecule has 0 N–H and O–H groups in total. The van der Waals surface area contributed by atoms with E-state index in [2.05, 4.69) is 12.0 Å². The number of hydrogen-bond acceptors (Lipinski definition) is 2. The van der Waals surface area contributed by atoms with E-state index in [-0.39, 0.29) is 0 Å². The molecule has 0 aliphatic carbocycles. The molecule has 1 aliphatic heterocycles. The summed E-state index contributed by atoms with van der Waals surface area (Å²) in [6.45, 7) is 2.15. The van der Waals surface area contributed by atoms with Crippen molar-refractivity contribution in [1.29, 1.82) is 0 Å². The van der Waals surface area contributed by atoms with Crippen LogP contribution in [0.4, 0.5) is 0 Å². The molecule has 0 atom stereocenters. The van der Waals surface area contributed by atoms with Crippen LogP contribution in [0, 0.1) is 6.92 Å². The van der Waals surface area contributed by atoms with Gasteiger partial charge in [-0.25, -0.2) is 0 Å². The highest BCUT2D eigenvalue weighted by atomic mass is 32.2. The third kappa shape index (κ3) is 1.07. The molecule has 60 valence electrons. The molecule has 0 aromatic carbocycles. The quantitative estimate of drug-likeness (QED) is 0.587. The topological polar surface area (TPSA) is 17.8 Å². The lowest BCUT2D eigenvalue weighted by Crippen LogP contribution is -1.97. The Bertz CT molecular complexity index is 278. The van der Waals surface area contributed by atoms with Gasteiger partial charge in [0.2, 0.25) is 0 Å². The molecule has 0 amide bonds. The van der Waals surface area contributed by atoms with Gasteiger partial charge >= 0.3 is 0 Å². The lowest BCUT2D eigenvalue weighted by Gasteiger charge is -2.08. The molecule has 2 heterocycles. The first-order valence-electron chi connectivity index (χ1n) is 3.94. The fraction of sp³-hybridized carbons (Fsp3) is 0.625. The van der Waals surface area contributed by atoms with Crippen LogP contribution in [0.15, 0.2) is 5.03 Å². The Kier molecular flexibility index (Phi) is 1.68. The zero-order valence-electron chi connectivity index (χ0n) is 6.92. The van der Waals surface area contributed by atoms with Gasteiger partial charge in [-0.15, -0.1) is 11.8 Å². The molecule has 3 heteroatoms. The first-order valence-corrected chi connectivity index (χ1v) is 4.93. The molecule has 0 spiro atoms. The number of nitrogens with zero attached hydrogens (tertiary/aromatic N) is 2. The van der Waals surface area contributed by atoms with Crippen molar-refractivity contribution in [2.24, 2.45) is 7.05 Å². The molecule has 2 rings (SSSR count). The van der Waals surface area contributed by atoms with Gasteiger partial charge in [0.1, 0.15) is 5.03 Å². The van der Waals surface area contributed by atoms with E-state index >= 15 is 0 Å². The summed E-state index contributed by atoms with van der Waals surface area (Å²) < 4.78 is 1.99. The maximum Gasteiger partial charge on any atom is 0.122 e. The number of aromatic nitrogens is 2. The summed E-state index contributed by atoms with van der Waals surface area (Å²) in [6, 6.07) is 0. The minimum Gasteiger partial charge on any atom is -0.272 e. The standard InChI is InChI=1S/C8H12N2S/c1-6-7-4-3-5-11-8(7)9-10(6)2/h3-5H2,1-2H3. The SMILES string of the molecule is Cc1c2c(nn1C)SCCC2. The first kappa shape index (κ1) is 7.22. The van der Waals surface area contributed by atoms with Crippen LogP contribution in [0.2, 0.25) is 0 Å². The molecule has 0 bridgehead atoms. The lowest BCUT2D eigenvalue weighted by molar-refractivity contribution is 0.716. The highest BCUT2D eigenvalue weighted by Gasteiger charge is 2.16. The van der Waals surface area contributed by atoms with E-state index in [1.54, 1.807) is 0 Å². The predicted octanol–water partition coefficient (Wildman–Crippen LogP) is 1.77. The Labute approximate surface area is 71.0 Å². The van der Waals surface area contributed by atoms with Crippen LogP contribution in [0.1, 0.15) is 17.7 Å². The van der Waals surface area contributed by atoms with Gasteiger partial charge in [-0.05, 0) is 25.5 Å². The summed E-state index contributed by atoms with van der Waals surface area (Å²) in [4.78, 5) is 0. The Morgan fingerprint density at radius 2 is 2.36 bits per heavy atom. The van der Waals surface area contributed by atoms with E-state index in [0.717, 1.165) is 0 Å². The first-order chi connectivity index (χ1) is 5.29. The van der Waals surface area contributed by atoms with Crippen molar-refractivity contribution in [2.75, 3.05) is 5.75 Å². The normalized spacial score (nSPS) is 16.5. The Morgan fingerprint density at radius 1 is 1.55 bits per heavy atom. The summed E-state index contributed by atoms with van der Waals surface area (Å²) >= 11 is 1.89. The van der Waals surface area contributed by atoms with Crippen LogP contribution in [-0.2, 0) is 13.5 Å². The van der Waals surface area contributed by atoms with Gasteiger partial charge in [-0.2, -0.15) is 5.10 Å². The van der Waals surface area contributed by atoms with Crippen molar-refractivity contribution in [2.45, 2.75) is 24.8 Å². The number of rotatable bonds is 0. The monoisotopic (exact) mass is 168 g/mol. The van der Waals surface area contributed by atoms with Gasteiger partial charge in [0.05, 0.1) is 0 Å². The number of hydrogen-bond donors (Lipinski definition) is 0. The Morgan fingerprint density at radius 3 is 3.09 bits per heavy atom. The minimum absolute atomic E-state index is 1.22. The van der Waals surface area contributed by atoms with Crippen molar-refractivity contribution in [3.63, 3.8) is 0 Å². The zero-order chi connectivity index (χ0) is 7.84. The predicted molar refractivity (Wildman–Crippen MR) is 47.0 cm³/mol. The maximum absolute atomic E-state index is 4.43. The fourth-order valence-corrected chi connectivity index (χ4v) is 2.53. The van der Waals surface area contributed by atoms with Crippen LogP contribution < -0.4 is 0 Å². The maximum atomic E-state index is 4.43. The molecule has 0 unspecified atom stereocenters. The van der Waals surface area contributed by atoms with Gasteiger partial charge in [-0.1, -0.05) is 0 Å². The van der Waals surface area contributed by atoms with E-state index in [1.165, 1.54) is 34.9 Å². The largest absolute Gasteiger partial charge is 0.272 e. The molecule has 1 aromatic heterocycles. The molecule has 11 heavy (non-hydrogen) atoms. The van der Waals surface area contributed by atoms with Crippen LogP contribution >= 0.6 is 11.8 Å². The highest BCUT2D eigenvalue weighted by molar-refractivity contribution is 7.99. The summed E-state index contributed by atoms with van der Waals surface area (Å²) in [5.74, 6) is 1.24. The van der Waals surface area contributed by atoms with Crippen molar-refractivity contribution >= 4 is 11.8 Å². The van der Waals surface area contributed by atoms with Gasteiger partial charge in [0, 0.05) is 18.3 Å². The molecule has 0 fully saturated rings. The van der Waals surface area contributed by atoms with E-state index in [9.17, 15) is 0 Å². The van der Waals surface area contributed by atoms with E-state index in [0.29, 0.717) is 0 Å². The lowest BCUT2D eigenvalue weighted by atomic mass is 10.1. The van der Waals surface area contributed by atoms with E-state index in [1.807, 2.05) is 23.5 Å². The second kappa shape index (κ2) is 2.55. The molecule has 0 saturated carbocycles. The second-order valence-corrected chi connectivity index (χ2v) is 4.03. The van der Waals surface area contributed by atoms with Crippen LogP contribution in [-0.4, -0.2) is 15.5 Å². The van der Waals surface area contributed by atoms with Crippen molar-refractivity contribution < 1.29 is 0 Å². The molecular formula is C8H12N2S.